The molecule has 22 heavy (non-hydrogen) atoms. The van der Waals surface area contributed by atoms with E-state index in [0.717, 1.165) is 18.7 Å². The van der Waals surface area contributed by atoms with Crippen molar-refractivity contribution >= 4 is 5.91 Å². The number of carbonyl (C=O) groups is 1. The second kappa shape index (κ2) is 8.03. The first kappa shape index (κ1) is 16.6. The summed E-state index contributed by atoms with van der Waals surface area (Å²) in [7, 11) is 3.22. The van der Waals surface area contributed by atoms with Gasteiger partial charge in [-0.2, -0.15) is 0 Å². The number of likely N-dealkylation sites (tertiary alicyclic amines) is 1. The highest BCUT2D eigenvalue weighted by molar-refractivity contribution is 5.78. The van der Waals surface area contributed by atoms with E-state index >= 15 is 0 Å². The molecule has 0 aromatic heterocycles. The van der Waals surface area contributed by atoms with Crippen molar-refractivity contribution in [2.45, 2.75) is 26.3 Å². The van der Waals surface area contributed by atoms with E-state index in [1.54, 1.807) is 14.2 Å². The summed E-state index contributed by atoms with van der Waals surface area (Å²) in [5.74, 6) is 2.13. The highest BCUT2D eigenvalue weighted by atomic mass is 16.5. The zero-order valence-electron chi connectivity index (χ0n) is 13.7. The number of methoxy groups -OCH3 is 2. The maximum atomic E-state index is 12.1. The summed E-state index contributed by atoms with van der Waals surface area (Å²) in [5, 5.41) is 2.97. The fraction of sp³-hybridized carbons (Fsp3) is 0.588. The fourth-order valence-electron chi connectivity index (χ4n) is 2.88. The van der Waals surface area contributed by atoms with Crippen molar-refractivity contribution in [3.63, 3.8) is 0 Å². The predicted octanol–water partition coefficient (Wildman–Crippen LogP) is 2.05. The molecule has 0 bridgehead atoms. The Bertz CT molecular complexity index is 505. The van der Waals surface area contributed by atoms with Gasteiger partial charge in [0.25, 0.3) is 0 Å². The number of rotatable bonds is 6. The van der Waals surface area contributed by atoms with Crippen LogP contribution in [0.3, 0.4) is 0 Å². The number of benzene rings is 1. The van der Waals surface area contributed by atoms with Crippen LogP contribution in [0.25, 0.3) is 0 Å². The van der Waals surface area contributed by atoms with Crippen LogP contribution in [-0.4, -0.2) is 44.7 Å². The molecule has 1 fully saturated rings. The monoisotopic (exact) mass is 306 g/mol. The molecule has 122 valence electrons. The zero-order valence-corrected chi connectivity index (χ0v) is 13.7. The lowest BCUT2D eigenvalue weighted by Gasteiger charge is -2.30. The summed E-state index contributed by atoms with van der Waals surface area (Å²) in [5.41, 5.74) is 0.998. The number of hydrogen-bond donors (Lipinski definition) is 1. The van der Waals surface area contributed by atoms with Crippen LogP contribution in [0.2, 0.25) is 0 Å². The van der Waals surface area contributed by atoms with Gasteiger partial charge < -0.3 is 14.8 Å². The molecule has 0 aliphatic carbocycles. The average Bonchev–Trinajstić information content (AvgIpc) is 2.52. The van der Waals surface area contributed by atoms with Gasteiger partial charge in [-0.1, -0.05) is 13.0 Å². The number of ether oxygens (including phenoxy) is 2. The Labute approximate surface area is 132 Å². The van der Waals surface area contributed by atoms with Crippen LogP contribution in [0.5, 0.6) is 11.5 Å². The molecule has 1 aromatic carbocycles. The third kappa shape index (κ3) is 4.63. The average molecular weight is 306 g/mol. The Kier molecular flexibility index (Phi) is 6.07. The van der Waals surface area contributed by atoms with Crippen molar-refractivity contribution in [3.8, 4) is 11.5 Å². The van der Waals surface area contributed by atoms with Crippen molar-refractivity contribution < 1.29 is 14.3 Å². The van der Waals surface area contributed by atoms with Crippen molar-refractivity contribution in [2.24, 2.45) is 5.92 Å². The van der Waals surface area contributed by atoms with Gasteiger partial charge >= 0.3 is 0 Å². The second-order valence-electron chi connectivity index (χ2n) is 5.95. The van der Waals surface area contributed by atoms with Crippen LogP contribution in [-0.2, 0) is 11.3 Å². The highest BCUT2D eigenvalue weighted by Gasteiger charge is 2.18. The summed E-state index contributed by atoms with van der Waals surface area (Å²) in [4.78, 5) is 14.3. The lowest BCUT2D eigenvalue weighted by molar-refractivity contribution is -0.122. The SMILES string of the molecule is COc1ccc(CNC(=O)CN2CCCC(C)C2)cc1OC. The zero-order chi connectivity index (χ0) is 15.9. The van der Waals surface area contributed by atoms with Gasteiger partial charge in [0.15, 0.2) is 11.5 Å². The molecular formula is C17H26N2O3. The molecule has 1 aliphatic rings. The molecule has 5 nitrogen and oxygen atoms in total. The fourth-order valence-corrected chi connectivity index (χ4v) is 2.88. The third-order valence-electron chi connectivity index (χ3n) is 4.05. The lowest BCUT2D eigenvalue weighted by Crippen LogP contribution is -2.41. The molecule has 1 atom stereocenters. The van der Waals surface area contributed by atoms with E-state index in [0.29, 0.717) is 30.5 Å². The highest BCUT2D eigenvalue weighted by Crippen LogP contribution is 2.27. The van der Waals surface area contributed by atoms with Crippen LogP contribution in [0.1, 0.15) is 25.3 Å². The summed E-state index contributed by atoms with van der Waals surface area (Å²) in [6.07, 6.45) is 2.45. The van der Waals surface area contributed by atoms with Gasteiger partial charge in [0, 0.05) is 13.1 Å². The Morgan fingerprint density at radius 1 is 1.32 bits per heavy atom. The Balaban J connectivity index is 1.83. The molecule has 0 saturated carbocycles. The Morgan fingerprint density at radius 3 is 2.77 bits per heavy atom. The first-order chi connectivity index (χ1) is 10.6. The quantitative estimate of drug-likeness (QED) is 0.874. The molecule has 1 heterocycles. The van der Waals surface area contributed by atoms with E-state index in [-0.39, 0.29) is 5.91 Å². The summed E-state index contributed by atoms with van der Waals surface area (Å²) >= 11 is 0. The van der Waals surface area contributed by atoms with E-state index in [1.165, 1.54) is 12.8 Å². The van der Waals surface area contributed by atoms with Gasteiger partial charge in [-0.25, -0.2) is 0 Å². The first-order valence-electron chi connectivity index (χ1n) is 7.82. The van der Waals surface area contributed by atoms with E-state index in [4.69, 9.17) is 9.47 Å². The predicted molar refractivity (Wildman–Crippen MR) is 86.2 cm³/mol. The molecule has 1 saturated heterocycles. The summed E-state index contributed by atoms with van der Waals surface area (Å²) in [6.45, 7) is 5.27. The normalized spacial score (nSPS) is 18.8. The van der Waals surface area contributed by atoms with Gasteiger partial charge in [0.05, 0.1) is 20.8 Å². The maximum absolute atomic E-state index is 12.1. The van der Waals surface area contributed by atoms with E-state index in [1.807, 2.05) is 18.2 Å². The smallest absolute Gasteiger partial charge is 0.234 e. The van der Waals surface area contributed by atoms with Crippen molar-refractivity contribution in [1.29, 1.82) is 0 Å². The Morgan fingerprint density at radius 2 is 2.09 bits per heavy atom. The van der Waals surface area contributed by atoms with Crippen molar-refractivity contribution in [1.82, 2.24) is 10.2 Å². The number of hydrogen-bond acceptors (Lipinski definition) is 4. The minimum Gasteiger partial charge on any atom is -0.493 e. The molecule has 0 spiro atoms. The van der Waals surface area contributed by atoms with Crippen LogP contribution >= 0.6 is 0 Å². The van der Waals surface area contributed by atoms with E-state index in [9.17, 15) is 4.79 Å². The van der Waals surface area contributed by atoms with Crippen LogP contribution < -0.4 is 14.8 Å². The molecule has 2 rings (SSSR count). The molecule has 1 aliphatic heterocycles. The molecule has 1 amide bonds. The largest absolute Gasteiger partial charge is 0.493 e. The van der Waals surface area contributed by atoms with Crippen molar-refractivity contribution in [2.75, 3.05) is 33.9 Å². The Hall–Kier alpha value is -1.75. The van der Waals surface area contributed by atoms with Crippen LogP contribution in [0, 0.1) is 5.92 Å². The van der Waals surface area contributed by atoms with Gasteiger partial charge in [0.2, 0.25) is 5.91 Å². The molecule has 1 N–H and O–H groups in total. The number of amides is 1. The number of piperidine rings is 1. The molecule has 1 unspecified atom stereocenters. The van der Waals surface area contributed by atoms with Crippen LogP contribution in [0.15, 0.2) is 18.2 Å². The van der Waals surface area contributed by atoms with E-state index in [2.05, 4.69) is 17.1 Å². The minimum absolute atomic E-state index is 0.0730. The second-order valence-corrected chi connectivity index (χ2v) is 5.95. The first-order valence-corrected chi connectivity index (χ1v) is 7.82. The number of carbonyl (C=O) groups excluding carboxylic acids is 1. The van der Waals surface area contributed by atoms with Gasteiger partial charge in [0.1, 0.15) is 0 Å². The van der Waals surface area contributed by atoms with Gasteiger partial charge in [-0.15, -0.1) is 0 Å². The van der Waals surface area contributed by atoms with Gasteiger partial charge in [-0.3, -0.25) is 9.69 Å². The van der Waals surface area contributed by atoms with Crippen molar-refractivity contribution in [3.05, 3.63) is 23.8 Å². The summed E-state index contributed by atoms with van der Waals surface area (Å²) in [6, 6.07) is 5.68. The lowest BCUT2D eigenvalue weighted by atomic mass is 10.0. The molecule has 0 radical (unpaired) electrons. The standard InChI is InChI=1S/C17H26N2O3/c1-13-5-4-8-19(11-13)12-17(20)18-10-14-6-7-15(21-2)16(9-14)22-3/h6-7,9,13H,4-5,8,10-12H2,1-3H3,(H,18,20). The minimum atomic E-state index is 0.0730. The summed E-state index contributed by atoms with van der Waals surface area (Å²) < 4.78 is 10.5. The van der Waals surface area contributed by atoms with Crippen LogP contribution in [0.4, 0.5) is 0 Å². The number of nitrogens with zero attached hydrogens (tertiary/aromatic N) is 1. The number of nitrogens with one attached hydrogen (secondary N) is 1. The third-order valence-corrected chi connectivity index (χ3v) is 4.05. The molecule has 5 heteroatoms. The maximum Gasteiger partial charge on any atom is 0.234 e. The molecule has 1 aromatic rings. The molecular weight excluding hydrogens is 280 g/mol. The van der Waals surface area contributed by atoms with Gasteiger partial charge in [-0.05, 0) is 43.0 Å². The topological polar surface area (TPSA) is 50.8 Å². The van der Waals surface area contributed by atoms with E-state index < -0.39 is 0 Å².